The molecule has 0 aliphatic rings. The second kappa shape index (κ2) is 7.25. The minimum Gasteiger partial charge on any atom is -0.465 e. The van der Waals surface area contributed by atoms with Crippen LogP contribution in [-0.4, -0.2) is 23.3 Å². The van der Waals surface area contributed by atoms with Gasteiger partial charge in [0.1, 0.15) is 0 Å². The molecule has 1 N–H and O–H groups in total. The van der Waals surface area contributed by atoms with Gasteiger partial charge < -0.3 is 4.74 Å². The average molecular weight is 285 g/mol. The third-order valence-corrected chi connectivity index (χ3v) is 2.96. The molecule has 5 heteroatoms. The van der Waals surface area contributed by atoms with E-state index in [-0.39, 0.29) is 0 Å². The number of hydrogen-bond donors (Lipinski definition) is 1. The molecule has 0 atom stereocenters. The minimum absolute atomic E-state index is 0.413. The number of rotatable bonds is 2. The van der Waals surface area contributed by atoms with Crippen molar-refractivity contribution in [2.45, 2.75) is 27.7 Å². The normalized spacial score (nSPS) is 9.33. The second-order valence-electron chi connectivity index (χ2n) is 4.17. The number of hydrogen-bond acceptors (Lipinski definition) is 4. The van der Waals surface area contributed by atoms with E-state index >= 15 is 0 Å². The molecule has 5 nitrogen and oxygen atoms in total. The molecule has 0 spiro atoms. The van der Waals surface area contributed by atoms with Crippen LogP contribution in [0.15, 0.2) is 18.2 Å². The Morgan fingerprint density at radius 1 is 1.33 bits per heavy atom. The van der Waals surface area contributed by atoms with Crippen LogP contribution >= 0.6 is 0 Å². The number of aromatic nitrogens is 2. The smallest absolute Gasteiger partial charge is 0.337 e. The van der Waals surface area contributed by atoms with Gasteiger partial charge in [0.05, 0.1) is 30.0 Å². The van der Waals surface area contributed by atoms with Gasteiger partial charge in [-0.2, -0.15) is 10.4 Å². The zero-order valence-corrected chi connectivity index (χ0v) is 12.9. The first kappa shape index (κ1) is 16.4. The highest BCUT2D eigenvalue weighted by Gasteiger charge is 2.16. The van der Waals surface area contributed by atoms with Crippen LogP contribution in [0.25, 0.3) is 11.1 Å². The van der Waals surface area contributed by atoms with Crippen LogP contribution in [-0.2, 0) is 4.74 Å². The predicted octanol–water partition coefficient (Wildman–Crippen LogP) is 3.38. The number of carbonyl (C=O) groups is 1. The van der Waals surface area contributed by atoms with Crippen LogP contribution in [0.4, 0.5) is 0 Å². The van der Waals surface area contributed by atoms with E-state index in [2.05, 4.69) is 16.3 Å². The zero-order valence-electron chi connectivity index (χ0n) is 12.9. The number of benzene rings is 1. The molecule has 21 heavy (non-hydrogen) atoms. The maximum absolute atomic E-state index is 11.6. The van der Waals surface area contributed by atoms with Crippen molar-refractivity contribution in [2.24, 2.45) is 0 Å². The fourth-order valence-electron chi connectivity index (χ4n) is 2.04. The van der Waals surface area contributed by atoms with Crippen molar-refractivity contribution in [3.05, 3.63) is 40.7 Å². The molecule has 110 valence electrons. The molecule has 0 saturated carbocycles. The number of H-pyrrole nitrogens is 1. The van der Waals surface area contributed by atoms with Gasteiger partial charge in [0.25, 0.3) is 0 Å². The Morgan fingerprint density at radius 2 is 2.00 bits per heavy atom. The van der Waals surface area contributed by atoms with Gasteiger partial charge in [-0.05, 0) is 32.0 Å². The molecule has 1 aromatic heterocycles. The van der Waals surface area contributed by atoms with Crippen LogP contribution in [0.1, 0.15) is 41.2 Å². The average Bonchev–Trinajstić information content (AvgIpc) is 2.86. The molecule has 0 aliphatic carbocycles. The van der Waals surface area contributed by atoms with Crippen LogP contribution in [0.3, 0.4) is 0 Å². The van der Waals surface area contributed by atoms with Gasteiger partial charge in [0.2, 0.25) is 0 Å². The number of esters is 1. The van der Waals surface area contributed by atoms with Gasteiger partial charge in [-0.1, -0.05) is 13.8 Å². The molecule has 1 aromatic carbocycles. The first-order valence-electron chi connectivity index (χ1n) is 6.73. The minimum atomic E-state index is -0.426. The van der Waals surface area contributed by atoms with E-state index in [1.165, 1.54) is 7.11 Å². The van der Waals surface area contributed by atoms with E-state index in [0.717, 1.165) is 17.0 Å². The lowest BCUT2D eigenvalue weighted by molar-refractivity contribution is 0.0601. The highest BCUT2D eigenvalue weighted by atomic mass is 16.5. The topological polar surface area (TPSA) is 78.8 Å². The summed E-state index contributed by atoms with van der Waals surface area (Å²) in [4.78, 5) is 11.6. The molecule has 0 aliphatic heterocycles. The molecular formula is C16H19N3O2. The van der Waals surface area contributed by atoms with E-state index in [0.29, 0.717) is 16.7 Å². The summed E-state index contributed by atoms with van der Waals surface area (Å²) in [6.07, 6.45) is 0. The van der Waals surface area contributed by atoms with Crippen molar-refractivity contribution in [1.29, 1.82) is 5.26 Å². The summed E-state index contributed by atoms with van der Waals surface area (Å²) >= 11 is 0. The van der Waals surface area contributed by atoms with E-state index in [9.17, 15) is 10.1 Å². The lowest BCUT2D eigenvalue weighted by Crippen LogP contribution is -2.02. The lowest BCUT2D eigenvalue weighted by Gasteiger charge is -2.07. The number of aromatic amines is 1. The largest absolute Gasteiger partial charge is 0.465 e. The Bertz CT molecular complexity index is 662. The number of nitrogens with zero attached hydrogens (tertiary/aromatic N) is 2. The molecular weight excluding hydrogens is 266 g/mol. The summed E-state index contributed by atoms with van der Waals surface area (Å²) < 4.78 is 4.70. The predicted molar refractivity (Wildman–Crippen MR) is 80.9 cm³/mol. The summed E-state index contributed by atoms with van der Waals surface area (Å²) in [5.41, 5.74) is 4.10. The quantitative estimate of drug-likeness (QED) is 0.858. The Labute approximate surface area is 124 Å². The number of carbonyl (C=O) groups excluding carboxylic acids is 1. The summed E-state index contributed by atoms with van der Waals surface area (Å²) in [6.45, 7) is 7.73. The molecule has 0 bridgehead atoms. The standard InChI is InChI=1S/C14H13N3O2.C2H6/c1-8-13(9(2)17-16-8)12-6-10(14(18)19-3)4-5-11(12)7-15;1-2/h4-6H,1-3H3,(H,16,17);1-2H3. The van der Waals surface area contributed by atoms with E-state index < -0.39 is 5.97 Å². The first-order chi connectivity index (χ1) is 10.1. The molecule has 2 aromatic rings. The third-order valence-electron chi connectivity index (χ3n) is 2.96. The molecule has 0 amide bonds. The second-order valence-corrected chi connectivity index (χ2v) is 4.17. The van der Waals surface area contributed by atoms with Crippen molar-refractivity contribution in [1.82, 2.24) is 10.2 Å². The first-order valence-corrected chi connectivity index (χ1v) is 6.73. The SMILES string of the molecule is CC.COC(=O)c1ccc(C#N)c(-c2c(C)n[nH]c2C)c1. The van der Waals surface area contributed by atoms with Crippen molar-refractivity contribution in [3.8, 4) is 17.2 Å². The number of methoxy groups -OCH3 is 1. The Morgan fingerprint density at radius 3 is 2.48 bits per heavy atom. The molecule has 0 unspecified atom stereocenters. The van der Waals surface area contributed by atoms with Gasteiger partial charge in [-0.3, -0.25) is 5.10 Å². The molecule has 0 saturated heterocycles. The van der Waals surface area contributed by atoms with Gasteiger partial charge in [-0.15, -0.1) is 0 Å². The molecule has 2 rings (SSSR count). The van der Waals surface area contributed by atoms with E-state index in [4.69, 9.17) is 4.74 Å². The van der Waals surface area contributed by atoms with Crippen LogP contribution in [0.2, 0.25) is 0 Å². The number of nitrogens with one attached hydrogen (secondary N) is 1. The summed E-state index contributed by atoms with van der Waals surface area (Å²) in [5.74, 6) is -0.426. The Hall–Kier alpha value is -2.61. The maximum Gasteiger partial charge on any atom is 0.337 e. The Kier molecular flexibility index (Phi) is 5.67. The fraction of sp³-hybridized carbons (Fsp3) is 0.312. The Balaban J connectivity index is 0.00000106. The van der Waals surface area contributed by atoms with Gasteiger partial charge in [0, 0.05) is 16.8 Å². The number of nitriles is 1. The highest BCUT2D eigenvalue weighted by Crippen LogP contribution is 2.29. The summed E-state index contributed by atoms with van der Waals surface area (Å²) in [6, 6.07) is 6.99. The fourth-order valence-corrected chi connectivity index (χ4v) is 2.04. The van der Waals surface area contributed by atoms with E-state index in [1.54, 1.807) is 18.2 Å². The lowest BCUT2D eigenvalue weighted by atomic mass is 9.96. The third kappa shape index (κ3) is 3.29. The number of ether oxygens (including phenoxy) is 1. The van der Waals surface area contributed by atoms with Crippen molar-refractivity contribution in [2.75, 3.05) is 7.11 Å². The van der Waals surface area contributed by atoms with Crippen molar-refractivity contribution < 1.29 is 9.53 Å². The molecule has 0 fully saturated rings. The van der Waals surface area contributed by atoms with Gasteiger partial charge in [-0.25, -0.2) is 4.79 Å². The van der Waals surface area contributed by atoms with Crippen molar-refractivity contribution >= 4 is 5.97 Å². The van der Waals surface area contributed by atoms with Crippen molar-refractivity contribution in [3.63, 3.8) is 0 Å². The van der Waals surface area contributed by atoms with Gasteiger partial charge >= 0.3 is 5.97 Å². The highest BCUT2D eigenvalue weighted by molar-refractivity contribution is 5.92. The maximum atomic E-state index is 11.6. The monoisotopic (exact) mass is 285 g/mol. The molecule has 1 heterocycles. The van der Waals surface area contributed by atoms with E-state index in [1.807, 2.05) is 27.7 Å². The van der Waals surface area contributed by atoms with Crippen LogP contribution in [0.5, 0.6) is 0 Å². The molecule has 0 radical (unpaired) electrons. The summed E-state index contributed by atoms with van der Waals surface area (Å²) in [7, 11) is 1.33. The number of aryl methyl sites for hydroxylation is 2. The van der Waals surface area contributed by atoms with Crippen LogP contribution in [0, 0.1) is 25.2 Å². The van der Waals surface area contributed by atoms with Crippen LogP contribution < -0.4 is 0 Å². The zero-order chi connectivity index (χ0) is 16.0. The van der Waals surface area contributed by atoms with Gasteiger partial charge in [0.15, 0.2) is 0 Å². The summed E-state index contributed by atoms with van der Waals surface area (Å²) in [5, 5.41) is 16.2.